The van der Waals surface area contributed by atoms with Gasteiger partial charge in [0.15, 0.2) is 0 Å². The van der Waals surface area contributed by atoms with E-state index in [0.717, 1.165) is 45.5 Å². The number of aromatic nitrogens is 1. The summed E-state index contributed by atoms with van der Waals surface area (Å²) < 4.78 is 1.52. The lowest BCUT2D eigenvalue weighted by atomic mass is 9.91. The second-order valence-electron chi connectivity index (χ2n) is 12.1. The summed E-state index contributed by atoms with van der Waals surface area (Å²) in [5.41, 5.74) is 15.7. The van der Waals surface area contributed by atoms with E-state index in [1.165, 1.54) is 10.1 Å². The van der Waals surface area contributed by atoms with Gasteiger partial charge in [0.25, 0.3) is 5.91 Å². The minimum atomic E-state index is -0.587. The maximum absolute atomic E-state index is 14.5. The van der Waals surface area contributed by atoms with Crippen molar-refractivity contribution in [2.24, 2.45) is 5.73 Å². The molecule has 2 aliphatic heterocycles. The summed E-state index contributed by atoms with van der Waals surface area (Å²) in [5, 5.41) is 0. The van der Waals surface area contributed by atoms with E-state index in [4.69, 9.17) is 5.73 Å². The number of rotatable bonds is 4. The van der Waals surface area contributed by atoms with Gasteiger partial charge in [-0.25, -0.2) is 4.79 Å². The number of benzene rings is 3. The molecule has 4 aromatic rings. The van der Waals surface area contributed by atoms with E-state index in [-0.39, 0.29) is 23.8 Å². The monoisotopic (exact) mass is 574 g/mol. The molecule has 2 N–H and O–H groups in total. The average molecular weight is 575 g/mol. The van der Waals surface area contributed by atoms with Gasteiger partial charge < -0.3 is 15.5 Å². The molecule has 220 valence electrons. The molecule has 43 heavy (non-hydrogen) atoms. The van der Waals surface area contributed by atoms with Crippen LogP contribution in [0.1, 0.15) is 74.8 Å². The molecule has 0 saturated heterocycles. The van der Waals surface area contributed by atoms with E-state index in [1.807, 2.05) is 92.1 Å². The predicted molar refractivity (Wildman–Crippen MR) is 168 cm³/mol. The lowest BCUT2D eigenvalue weighted by Gasteiger charge is -2.35. The quantitative estimate of drug-likeness (QED) is 0.313. The molecule has 6 rings (SSSR count). The minimum absolute atomic E-state index is 0.000739. The zero-order chi connectivity index (χ0) is 30.6. The number of nitrogens with zero attached hydrogens (tertiary/aromatic N) is 3. The summed E-state index contributed by atoms with van der Waals surface area (Å²) in [7, 11) is 0. The van der Waals surface area contributed by atoms with Crippen LogP contribution in [0.4, 0.5) is 4.79 Å². The van der Waals surface area contributed by atoms with Crippen LogP contribution in [0.3, 0.4) is 0 Å². The Kier molecular flexibility index (Phi) is 7.20. The fourth-order valence-electron chi connectivity index (χ4n) is 6.79. The van der Waals surface area contributed by atoms with Crippen molar-refractivity contribution in [1.82, 2.24) is 14.4 Å². The van der Waals surface area contributed by atoms with Gasteiger partial charge in [0.2, 0.25) is 5.91 Å². The van der Waals surface area contributed by atoms with Crippen LogP contribution in [0.15, 0.2) is 66.7 Å². The normalized spacial score (nSPS) is 16.5. The van der Waals surface area contributed by atoms with Crippen LogP contribution in [0, 0.1) is 20.8 Å². The first-order valence-corrected chi connectivity index (χ1v) is 14.9. The summed E-state index contributed by atoms with van der Waals surface area (Å²) in [6.07, 6.45) is 0.775. The molecule has 0 fully saturated rings. The van der Waals surface area contributed by atoms with Crippen molar-refractivity contribution in [2.45, 2.75) is 72.6 Å². The zero-order valence-corrected chi connectivity index (χ0v) is 25.5. The van der Waals surface area contributed by atoms with Crippen LogP contribution in [0.2, 0.25) is 0 Å². The second-order valence-corrected chi connectivity index (χ2v) is 12.1. The molecule has 2 atom stereocenters. The first-order chi connectivity index (χ1) is 20.6. The van der Waals surface area contributed by atoms with Crippen molar-refractivity contribution in [3.05, 3.63) is 117 Å². The van der Waals surface area contributed by atoms with Gasteiger partial charge in [0.05, 0.1) is 11.6 Å². The van der Waals surface area contributed by atoms with E-state index in [9.17, 15) is 14.4 Å². The highest BCUT2D eigenvalue weighted by Gasteiger charge is 2.34. The van der Waals surface area contributed by atoms with E-state index >= 15 is 0 Å². The molecule has 0 unspecified atom stereocenters. The Labute approximate surface area is 252 Å². The van der Waals surface area contributed by atoms with Gasteiger partial charge in [-0.2, -0.15) is 0 Å². The highest BCUT2D eigenvalue weighted by Crippen LogP contribution is 2.39. The molecule has 0 radical (unpaired) electrons. The van der Waals surface area contributed by atoms with Crippen molar-refractivity contribution < 1.29 is 14.4 Å². The lowest BCUT2D eigenvalue weighted by molar-refractivity contribution is -0.133. The Bertz CT molecular complexity index is 1770. The van der Waals surface area contributed by atoms with Gasteiger partial charge in [0, 0.05) is 42.5 Å². The first-order valence-electron chi connectivity index (χ1n) is 14.9. The summed E-state index contributed by atoms with van der Waals surface area (Å²) in [4.78, 5) is 44.7. The highest BCUT2D eigenvalue weighted by molar-refractivity contribution is 6.03. The van der Waals surface area contributed by atoms with Crippen LogP contribution in [0.5, 0.6) is 0 Å². The third-order valence-corrected chi connectivity index (χ3v) is 9.54. The first kappa shape index (κ1) is 28.5. The largest absolute Gasteiger partial charge is 0.351 e. The molecule has 1 aromatic heterocycles. The molecule has 3 heterocycles. The van der Waals surface area contributed by atoms with Crippen molar-refractivity contribution >= 4 is 17.8 Å². The van der Waals surface area contributed by atoms with Crippen LogP contribution in [-0.2, 0) is 30.8 Å². The van der Waals surface area contributed by atoms with Gasteiger partial charge in [-0.15, -0.1) is 0 Å². The molecular formula is C36H38N4O3. The highest BCUT2D eigenvalue weighted by atomic mass is 16.2. The fraction of sp³-hybridized carbons (Fsp3) is 0.306. The van der Waals surface area contributed by atoms with Gasteiger partial charge >= 0.3 is 6.03 Å². The van der Waals surface area contributed by atoms with Crippen molar-refractivity contribution in [3.8, 4) is 11.3 Å². The van der Waals surface area contributed by atoms with Crippen molar-refractivity contribution in [2.75, 3.05) is 0 Å². The molecule has 3 amide bonds. The van der Waals surface area contributed by atoms with E-state index in [2.05, 4.69) is 19.1 Å². The molecule has 0 bridgehead atoms. The number of primary amides is 1. The second kappa shape index (κ2) is 10.9. The number of hydrogen-bond acceptors (Lipinski definition) is 3. The number of nitrogens with two attached hydrogens (primary N) is 1. The SMILES string of the molecule is Cc1c(C)c(-c2cc3c(cc2C(=O)N2Cc4ccccc4C[C@H]2C)CN(C(=O)[C@H](C)c2ccccc2)C3)n(C(N)=O)c1C. The summed E-state index contributed by atoms with van der Waals surface area (Å²) >= 11 is 0. The number of fused-ring (bicyclic) bond motifs is 2. The average Bonchev–Trinajstić information content (AvgIpc) is 3.53. The van der Waals surface area contributed by atoms with Crippen LogP contribution in [0.25, 0.3) is 11.3 Å². The van der Waals surface area contributed by atoms with E-state index < -0.39 is 6.03 Å². The van der Waals surface area contributed by atoms with Crippen molar-refractivity contribution in [3.63, 3.8) is 0 Å². The van der Waals surface area contributed by atoms with Crippen LogP contribution < -0.4 is 5.73 Å². The maximum Gasteiger partial charge on any atom is 0.323 e. The van der Waals surface area contributed by atoms with Crippen LogP contribution >= 0.6 is 0 Å². The van der Waals surface area contributed by atoms with Gasteiger partial charge in [0.1, 0.15) is 0 Å². The Hall–Kier alpha value is -4.65. The number of carbonyl (C=O) groups excluding carboxylic acids is 3. The van der Waals surface area contributed by atoms with Crippen LogP contribution in [-0.4, -0.2) is 38.3 Å². The number of amides is 3. The fourth-order valence-corrected chi connectivity index (χ4v) is 6.79. The standard InChI is InChI=1S/C36H38N4O3/c1-21-15-27-13-9-10-14-28(27)20-39(21)35(42)32-17-30-19-38(34(41)24(4)26-11-7-6-8-12-26)18-29(30)16-31(32)33-23(3)22(2)25(5)40(33)36(37)43/h6-14,16-17,21,24H,15,18-20H2,1-5H3,(H2,37,43)/t21-,24-/m1/s1. The number of carbonyl (C=O) groups is 3. The third-order valence-electron chi connectivity index (χ3n) is 9.54. The maximum atomic E-state index is 14.5. The zero-order valence-electron chi connectivity index (χ0n) is 25.5. The molecule has 0 aliphatic carbocycles. The molecule has 7 nitrogen and oxygen atoms in total. The Morgan fingerprint density at radius 2 is 1.44 bits per heavy atom. The molecular weight excluding hydrogens is 536 g/mol. The molecule has 7 heteroatoms. The topological polar surface area (TPSA) is 88.6 Å². The predicted octanol–water partition coefficient (Wildman–Crippen LogP) is 6.24. The van der Waals surface area contributed by atoms with Gasteiger partial charge in [-0.3, -0.25) is 14.2 Å². The van der Waals surface area contributed by atoms with Gasteiger partial charge in [-0.05, 0) is 92.1 Å². The molecule has 2 aliphatic rings. The third kappa shape index (κ3) is 4.83. The smallest absolute Gasteiger partial charge is 0.323 e. The molecule has 3 aromatic carbocycles. The molecule has 0 saturated carbocycles. The van der Waals surface area contributed by atoms with E-state index in [1.54, 1.807) is 0 Å². The molecule has 0 spiro atoms. The lowest BCUT2D eigenvalue weighted by Crippen LogP contribution is -2.42. The minimum Gasteiger partial charge on any atom is -0.351 e. The summed E-state index contributed by atoms with van der Waals surface area (Å²) in [6, 6.07) is 21.4. The van der Waals surface area contributed by atoms with Gasteiger partial charge in [-0.1, -0.05) is 54.6 Å². The number of hydrogen-bond donors (Lipinski definition) is 1. The Morgan fingerprint density at radius 1 is 0.814 bits per heavy atom. The Morgan fingerprint density at radius 3 is 2.12 bits per heavy atom. The summed E-state index contributed by atoms with van der Waals surface area (Å²) in [5.74, 6) is -0.333. The van der Waals surface area contributed by atoms with Crippen molar-refractivity contribution in [1.29, 1.82) is 0 Å². The van der Waals surface area contributed by atoms with E-state index in [0.29, 0.717) is 36.5 Å². The Balaban J connectivity index is 1.45. The summed E-state index contributed by atoms with van der Waals surface area (Å²) in [6.45, 7) is 11.2.